The molecule has 0 atom stereocenters. The van der Waals surface area contributed by atoms with Crippen LogP contribution in [0.2, 0.25) is 0 Å². The van der Waals surface area contributed by atoms with Gasteiger partial charge in [-0.3, -0.25) is 0 Å². The number of anilines is 3. The van der Waals surface area contributed by atoms with E-state index in [4.69, 9.17) is 10.5 Å². The number of nitrogens with one attached hydrogen (secondary N) is 1. The summed E-state index contributed by atoms with van der Waals surface area (Å²) >= 11 is 0. The van der Waals surface area contributed by atoms with Gasteiger partial charge in [0, 0.05) is 0 Å². The average Bonchev–Trinajstić information content (AvgIpc) is 2.41. The Hall–Kier alpha value is -2.56. The number of nitrogen functional groups attached to an aromatic ring is 1. The first-order valence-corrected chi connectivity index (χ1v) is 6.91. The first-order chi connectivity index (χ1) is 10.3. The number of carbonyl (C=O) groups is 1. The number of ether oxygens (including phenoxy) is 1. The molecule has 0 aromatic heterocycles. The van der Waals surface area contributed by atoms with Gasteiger partial charge in [0.15, 0.2) is 0 Å². The highest BCUT2D eigenvalue weighted by molar-refractivity contribution is 5.90. The molecule has 0 aliphatic rings. The summed E-state index contributed by atoms with van der Waals surface area (Å²) in [5.74, 6) is -1.11. The van der Waals surface area contributed by atoms with Crippen LogP contribution < -0.4 is 11.1 Å². The molecule has 0 aliphatic heterocycles. The molecule has 5 heteroatoms. The summed E-state index contributed by atoms with van der Waals surface area (Å²) < 4.78 is 19.4. The number of benzene rings is 2. The molecule has 0 unspecified atom stereocenters. The molecular formula is C17H19FN2O2. The van der Waals surface area contributed by atoms with Crippen LogP contribution in [0.3, 0.4) is 0 Å². The van der Waals surface area contributed by atoms with E-state index in [1.165, 1.54) is 12.1 Å². The predicted octanol–water partition coefficient (Wildman–Crippen LogP) is 4.11. The van der Waals surface area contributed by atoms with Gasteiger partial charge in [0.1, 0.15) is 11.4 Å². The highest BCUT2D eigenvalue weighted by atomic mass is 19.1. The summed E-state index contributed by atoms with van der Waals surface area (Å²) in [5.41, 5.74) is 6.71. The molecule has 2 aromatic rings. The second-order valence-electron chi connectivity index (χ2n) is 5.91. The first-order valence-electron chi connectivity index (χ1n) is 6.91. The molecule has 2 rings (SSSR count). The molecule has 0 amide bonds. The fourth-order valence-corrected chi connectivity index (χ4v) is 1.84. The maximum atomic E-state index is 14.1. The number of hydrogen-bond acceptors (Lipinski definition) is 4. The van der Waals surface area contributed by atoms with E-state index in [9.17, 15) is 9.18 Å². The maximum absolute atomic E-state index is 14.1. The van der Waals surface area contributed by atoms with Crippen molar-refractivity contribution in [1.29, 1.82) is 0 Å². The minimum absolute atomic E-state index is 0.166. The Labute approximate surface area is 129 Å². The highest BCUT2D eigenvalue weighted by Crippen LogP contribution is 2.25. The Morgan fingerprint density at radius 3 is 2.41 bits per heavy atom. The largest absolute Gasteiger partial charge is 0.456 e. The topological polar surface area (TPSA) is 64.3 Å². The van der Waals surface area contributed by atoms with Crippen LogP contribution >= 0.6 is 0 Å². The van der Waals surface area contributed by atoms with Crippen molar-refractivity contribution in [1.82, 2.24) is 0 Å². The molecule has 2 aromatic carbocycles. The van der Waals surface area contributed by atoms with Crippen LogP contribution in [0.1, 0.15) is 31.1 Å². The van der Waals surface area contributed by atoms with E-state index in [2.05, 4.69) is 5.32 Å². The van der Waals surface area contributed by atoms with Crippen molar-refractivity contribution in [3.05, 3.63) is 53.8 Å². The zero-order valence-electron chi connectivity index (χ0n) is 12.8. The maximum Gasteiger partial charge on any atom is 0.338 e. The predicted molar refractivity (Wildman–Crippen MR) is 85.7 cm³/mol. The Morgan fingerprint density at radius 2 is 1.82 bits per heavy atom. The minimum atomic E-state index is -0.622. The van der Waals surface area contributed by atoms with E-state index >= 15 is 0 Å². The smallest absolute Gasteiger partial charge is 0.338 e. The fourth-order valence-electron chi connectivity index (χ4n) is 1.84. The van der Waals surface area contributed by atoms with Crippen LogP contribution in [0.4, 0.5) is 21.5 Å². The van der Waals surface area contributed by atoms with Crippen molar-refractivity contribution >= 4 is 23.0 Å². The third kappa shape index (κ3) is 3.97. The van der Waals surface area contributed by atoms with Crippen molar-refractivity contribution < 1.29 is 13.9 Å². The standard InChI is InChI=1S/C17H19FN2O2/c1-17(2,3)22-16(21)11-8-9-14(12(18)10-11)20-15-7-5-4-6-13(15)19/h4-10,20H,19H2,1-3H3. The Balaban J connectivity index is 2.20. The Bertz CT molecular complexity index is 693. The van der Waals surface area contributed by atoms with Crippen LogP contribution in [-0.2, 0) is 4.74 Å². The molecule has 3 N–H and O–H groups in total. The minimum Gasteiger partial charge on any atom is -0.456 e. The summed E-state index contributed by atoms with van der Waals surface area (Å²) in [6.45, 7) is 5.28. The van der Waals surface area contributed by atoms with Gasteiger partial charge >= 0.3 is 5.97 Å². The molecule has 0 heterocycles. The van der Waals surface area contributed by atoms with Crippen LogP contribution in [0.15, 0.2) is 42.5 Å². The lowest BCUT2D eigenvalue weighted by atomic mass is 10.1. The molecule has 0 fully saturated rings. The van der Waals surface area contributed by atoms with E-state index < -0.39 is 17.4 Å². The third-order valence-corrected chi connectivity index (χ3v) is 2.83. The monoisotopic (exact) mass is 302 g/mol. The van der Waals surface area contributed by atoms with Gasteiger partial charge in [-0.2, -0.15) is 0 Å². The number of esters is 1. The number of hydrogen-bond donors (Lipinski definition) is 2. The summed E-state index contributed by atoms with van der Waals surface area (Å²) in [4.78, 5) is 11.9. The summed E-state index contributed by atoms with van der Waals surface area (Å²) in [7, 11) is 0. The van der Waals surface area contributed by atoms with Gasteiger partial charge in [0.25, 0.3) is 0 Å². The van der Waals surface area contributed by atoms with Crippen LogP contribution in [-0.4, -0.2) is 11.6 Å². The number of nitrogens with two attached hydrogens (primary N) is 1. The molecule has 0 radical (unpaired) electrons. The molecule has 0 aliphatic carbocycles. The number of para-hydroxylation sites is 2. The molecule has 0 saturated carbocycles. The van der Waals surface area contributed by atoms with Gasteiger partial charge in [-0.1, -0.05) is 12.1 Å². The molecule has 4 nitrogen and oxygen atoms in total. The zero-order valence-corrected chi connectivity index (χ0v) is 12.8. The second kappa shape index (κ2) is 6.05. The van der Waals surface area contributed by atoms with Gasteiger partial charge < -0.3 is 15.8 Å². The molecular weight excluding hydrogens is 283 g/mol. The van der Waals surface area contributed by atoms with Crippen LogP contribution in [0.25, 0.3) is 0 Å². The lowest BCUT2D eigenvalue weighted by Crippen LogP contribution is -2.24. The van der Waals surface area contributed by atoms with Gasteiger partial charge in [0.2, 0.25) is 0 Å². The lowest BCUT2D eigenvalue weighted by Gasteiger charge is -2.19. The number of rotatable bonds is 3. The van der Waals surface area contributed by atoms with Gasteiger partial charge in [-0.15, -0.1) is 0 Å². The average molecular weight is 302 g/mol. The number of carbonyl (C=O) groups excluding carboxylic acids is 1. The summed E-state index contributed by atoms with van der Waals surface area (Å²) in [6.07, 6.45) is 0. The van der Waals surface area contributed by atoms with Gasteiger partial charge in [-0.05, 0) is 51.1 Å². The van der Waals surface area contributed by atoms with Crippen molar-refractivity contribution in [2.75, 3.05) is 11.1 Å². The normalized spacial score (nSPS) is 11.1. The summed E-state index contributed by atoms with van der Waals surface area (Å²) in [5, 5.41) is 2.90. The third-order valence-electron chi connectivity index (χ3n) is 2.83. The molecule has 0 saturated heterocycles. The fraction of sp³-hybridized carbons (Fsp3) is 0.235. The summed E-state index contributed by atoms with van der Waals surface area (Å²) in [6, 6.07) is 11.2. The van der Waals surface area contributed by atoms with Crippen molar-refractivity contribution in [3.63, 3.8) is 0 Å². The van der Waals surface area contributed by atoms with E-state index in [0.29, 0.717) is 11.4 Å². The van der Waals surface area contributed by atoms with Crippen molar-refractivity contribution in [2.45, 2.75) is 26.4 Å². The zero-order chi connectivity index (χ0) is 16.3. The Morgan fingerprint density at radius 1 is 1.14 bits per heavy atom. The van der Waals surface area contributed by atoms with E-state index in [-0.39, 0.29) is 11.3 Å². The second-order valence-corrected chi connectivity index (χ2v) is 5.91. The lowest BCUT2D eigenvalue weighted by molar-refractivity contribution is 0.00691. The molecule has 0 bridgehead atoms. The van der Waals surface area contributed by atoms with Gasteiger partial charge in [-0.25, -0.2) is 9.18 Å². The molecule has 116 valence electrons. The number of halogens is 1. The van der Waals surface area contributed by atoms with E-state index in [0.717, 1.165) is 6.07 Å². The molecule has 22 heavy (non-hydrogen) atoms. The van der Waals surface area contributed by atoms with Crippen LogP contribution in [0, 0.1) is 5.82 Å². The van der Waals surface area contributed by atoms with Crippen LogP contribution in [0.5, 0.6) is 0 Å². The Kier molecular flexibility index (Phi) is 4.35. The van der Waals surface area contributed by atoms with Gasteiger partial charge in [0.05, 0.1) is 22.6 Å². The first kappa shape index (κ1) is 15.8. The SMILES string of the molecule is CC(C)(C)OC(=O)c1ccc(Nc2ccccc2N)c(F)c1. The highest BCUT2D eigenvalue weighted by Gasteiger charge is 2.19. The quantitative estimate of drug-likeness (QED) is 0.661. The van der Waals surface area contributed by atoms with E-state index in [1.54, 1.807) is 45.0 Å². The van der Waals surface area contributed by atoms with E-state index in [1.807, 2.05) is 0 Å². The van der Waals surface area contributed by atoms with Crippen molar-refractivity contribution in [3.8, 4) is 0 Å². The molecule has 0 spiro atoms. The van der Waals surface area contributed by atoms with Crippen molar-refractivity contribution in [2.24, 2.45) is 0 Å².